The summed E-state index contributed by atoms with van der Waals surface area (Å²) >= 11 is 5.90. The van der Waals surface area contributed by atoms with Gasteiger partial charge in [-0.2, -0.15) is 5.10 Å². The maximum atomic E-state index is 12.7. The number of carbonyl (C=O) groups is 1. The van der Waals surface area contributed by atoms with Crippen molar-refractivity contribution in [1.29, 1.82) is 0 Å². The molecule has 5 nitrogen and oxygen atoms in total. The molecular weight excluding hydrogens is 312 g/mol. The molecule has 2 fully saturated rings. The Labute approximate surface area is 140 Å². The molecule has 1 aromatic heterocycles. The zero-order valence-corrected chi connectivity index (χ0v) is 13.5. The second kappa shape index (κ2) is 5.65. The summed E-state index contributed by atoms with van der Waals surface area (Å²) in [6.07, 6.45) is 5.64. The normalized spacial score (nSPS) is 26.5. The Morgan fingerprint density at radius 2 is 2.00 bits per heavy atom. The van der Waals surface area contributed by atoms with Gasteiger partial charge in [0.05, 0.1) is 17.4 Å². The Morgan fingerprint density at radius 3 is 2.74 bits per heavy atom. The lowest BCUT2D eigenvalue weighted by Gasteiger charge is -2.17. The van der Waals surface area contributed by atoms with E-state index in [1.54, 1.807) is 17.1 Å². The van der Waals surface area contributed by atoms with E-state index in [2.05, 4.69) is 5.10 Å². The lowest BCUT2D eigenvalue weighted by Crippen LogP contribution is -2.33. The first kappa shape index (κ1) is 14.7. The molecule has 3 atom stereocenters. The number of benzene rings is 1. The van der Waals surface area contributed by atoms with E-state index in [0.29, 0.717) is 22.4 Å². The molecule has 2 heterocycles. The third-order valence-electron chi connectivity index (χ3n) is 5.12. The minimum atomic E-state index is 0.0480. The average molecular weight is 331 g/mol. The molecule has 3 unspecified atom stereocenters. The molecule has 6 heteroatoms. The fraction of sp³-hybridized carbons (Fsp3) is 0.412. The summed E-state index contributed by atoms with van der Waals surface area (Å²) in [7, 11) is 0. The van der Waals surface area contributed by atoms with Crippen LogP contribution in [0, 0.1) is 11.8 Å². The predicted molar refractivity (Wildman–Crippen MR) is 88.7 cm³/mol. The quantitative estimate of drug-likeness (QED) is 0.919. The summed E-state index contributed by atoms with van der Waals surface area (Å²) in [5.41, 5.74) is 7.65. The number of hydrogen-bond acceptors (Lipinski definition) is 3. The molecule has 1 saturated heterocycles. The number of hydrogen-bond donors (Lipinski definition) is 1. The van der Waals surface area contributed by atoms with Gasteiger partial charge in [0.1, 0.15) is 0 Å². The summed E-state index contributed by atoms with van der Waals surface area (Å²) in [4.78, 5) is 14.6. The van der Waals surface area contributed by atoms with Gasteiger partial charge in [-0.15, -0.1) is 0 Å². The smallest absolute Gasteiger partial charge is 0.257 e. The van der Waals surface area contributed by atoms with Crippen LogP contribution in [0.25, 0.3) is 5.69 Å². The summed E-state index contributed by atoms with van der Waals surface area (Å²) in [5.74, 6) is 1.08. The summed E-state index contributed by atoms with van der Waals surface area (Å²) < 4.78 is 1.70. The zero-order valence-electron chi connectivity index (χ0n) is 12.7. The molecule has 2 N–H and O–H groups in total. The minimum absolute atomic E-state index is 0.0480. The highest BCUT2D eigenvalue weighted by Gasteiger charge is 2.42. The van der Waals surface area contributed by atoms with Crippen molar-refractivity contribution in [3.8, 4) is 5.69 Å². The molecule has 1 aliphatic carbocycles. The number of amides is 1. The third kappa shape index (κ3) is 2.64. The molecule has 1 aliphatic heterocycles. The Balaban J connectivity index is 1.51. The fourth-order valence-electron chi connectivity index (χ4n) is 3.82. The van der Waals surface area contributed by atoms with Crippen molar-refractivity contribution in [3.63, 3.8) is 0 Å². The number of rotatable bonds is 2. The Morgan fingerprint density at radius 1 is 1.22 bits per heavy atom. The van der Waals surface area contributed by atoms with E-state index in [0.717, 1.165) is 31.6 Å². The summed E-state index contributed by atoms with van der Waals surface area (Å²) in [5, 5.41) is 4.98. The van der Waals surface area contributed by atoms with Crippen LogP contribution in [-0.4, -0.2) is 39.7 Å². The topological polar surface area (TPSA) is 64.2 Å². The van der Waals surface area contributed by atoms with Crippen LogP contribution in [0.4, 0.5) is 0 Å². The number of likely N-dealkylation sites (tertiary alicyclic amines) is 1. The molecule has 0 spiro atoms. The first-order valence-electron chi connectivity index (χ1n) is 7.97. The predicted octanol–water partition coefficient (Wildman–Crippen LogP) is 2.33. The molecule has 1 aromatic carbocycles. The van der Waals surface area contributed by atoms with Crippen molar-refractivity contribution >= 4 is 17.5 Å². The molecule has 23 heavy (non-hydrogen) atoms. The van der Waals surface area contributed by atoms with Gasteiger partial charge in [-0.05, 0) is 48.9 Å². The van der Waals surface area contributed by atoms with E-state index in [9.17, 15) is 4.79 Å². The van der Waals surface area contributed by atoms with Crippen LogP contribution < -0.4 is 5.73 Å². The van der Waals surface area contributed by atoms with Gasteiger partial charge in [-0.25, -0.2) is 4.68 Å². The Hall–Kier alpha value is -1.85. The second-order valence-corrected chi connectivity index (χ2v) is 6.96. The van der Waals surface area contributed by atoms with Crippen molar-refractivity contribution in [2.24, 2.45) is 17.6 Å². The molecule has 0 radical (unpaired) electrons. The SMILES string of the molecule is NC1CCC2CN(C(=O)c3cnn(-c4ccc(Cl)cc4)c3)CC12. The Bertz CT molecular complexity index is 726. The maximum Gasteiger partial charge on any atom is 0.257 e. The third-order valence-corrected chi connectivity index (χ3v) is 5.37. The molecule has 0 bridgehead atoms. The molecule has 2 aliphatic rings. The molecular formula is C17H19ClN4O. The summed E-state index contributed by atoms with van der Waals surface area (Å²) in [6, 6.07) is 7.62. The van der Waals surface area contributed by atoms with Crippen molar-refractivity contribution in [2.75, 3.05) is 13.1 Å². The van der Waals surface area contributed by atoms with Gasteiger partial charge in [0.25, 0.3) is 5.91 Å². The van der Waals surface area contributed by atoms with E-state index in [1.165, 1.54) is 0 Å². The minimum Gasteiger partial charge on any atom is -0.338 e. The highest BCUT2D eigenvalue weighted by atomic mass is 35.5. The maximum absolute atomic E-state index is 12.7. The van der Waals surface area contributed by atoms with Gasteiger partial charge in [0.2, 0.25) is 0 Å². The number of aromatic nitrogens is 2. The van der Waals surface area contributed by atoms with Crippen LogP contribution in [0.3, 0.4) is 0 Å². The van der Waals surface area contributed by atoms with Gasteiger partial charge in [0, 0.05) is 30.4 Å². The van der Waals surface area contributed by atoms with Crippen molar-refractivity contribution in [3.05, 3.63) is 47.2 Å². The first-order valence-corrected chi connectivity index (χ1v) is 8.35. The number of carbonyl (C=O) groups excluding carboxylic acids is 1. The largest absolute Gasteiger partial charge is 0.338 e. The van der Waals surface area contributed by atoms with Crippen LogP contribution in [0.5, 0.6) is 0 Å². The molecule has 1 amide bonds. The van der Waals surface area contributed by atoms with Crippen LogP contribution in [0.15, 0.2) is 36.7 Å². The van der Waals surface area contributed by atoms with Crippen molar-refractivity contribution in [2.45, 2.75) is 18.9 Å². The lowest BCUT2D eigenvalue weighted by molar-refractivity contribution is 0.0779. The van der Waals surface area contributed by atoms with Gasteiger partial charge in [0.15, 0.2) is 0 Å². The van der Waals surface area contributed by atoms with Gasteiger partial charge in [-0.1, -0.05) is 11.6 Å². The van der Waals surface area contributed by atoms with E-state index in [4.69, 9.17) is 17.3 Å². The van der Waals surface area contributed by atoms with Gasteiger partial charge in [-0.3, -0.25) is 4.79 Å². The highest BCUT2D eigenvalue weighted by molar-refractivity contribution is 6.30. The van der Waals surface area contributed by atoms with Crippen molar-refractivity contribution in [1.82, 2.24) is 14.7 Å². The van der Waals surface area contributed by atoms with Gasteiger partial charge >= 0.3 is 0 Å². The van der Waals surface area contributed by atoms with E-state index in [1.807, 2.05) is 29.2 Å². The van der Waals surface area contributed by atoms with Crippen LogP contribution in [-0.2, 0) is 0 Å². The standard InChI is InChI=1S/C17H19ClN4O/c18-13-2-4-14(5-3-13)22-9-12(7-20-22)17(23)21-8-11-1-6-16(19)15(11)10-21/h2-5,7,9,11,15-16H,1,6,8,10,19H2. The number of halogens is 1. The highest BCUT2D eigenvalue weighted by Crippen LogP contribution is 2.37. The van der Waals surface area contributed by atoms with Crippen LogP contribution in [0.2, 0.25) is 5.02 Å². The van der Waals surface area contributed by atoms with Gasteiger partial charge < -0.3 is 10.6 Å². The number of nitrogens with two attached hydrogens (primary N) is 1. The number of fused-ring (bicyclic) bond motifs is 1. The molecule has 4 rings (SSSR count). The zero-order chi connectivity index (χ0) is 16.0. The van der Waals surface area contributed by atoms with Crippen LogP contribution in [0.1, 0.15) is 23.2 Å². The fourth-order valence-corrected chi connectivity index (χ4v) is 3.95. The molecule has 1 saturated carbocycles. The average Bonchev–Trinajstić information content (AvgIpc) is 3.25. The Kier molecular flexibility index (Phi) is 3.62. The lowest BCUT2D eigenvalue weighted by atomic mass is 9.98. The van der Waals surface area contributed by atoms with E-state index >= 15 is 0 Å². The second-order valence-electron chi connectivity index (χ2n) is 6.53. The number of nitrogens with zero attached hydrogens (tertiary/aromatic N) is 3. The molecule has 120 valence electrons. The summed E-state index contributed by atoms with van der Waals surface area (Å²) in [6.45, 7) is 1.60. The first-order chi connectivity index (χ1) is 11.1. The monoisotopic (exact) mass is 330 g/mol. The van der Waals surface area contributed by atoms with E-state index < -0.39 is 0 Å². The molecule has 2 aromatic rings. The van der Waals surface area contributed by atoms with E-state index in [-0.39, 0.29) is 11.9 Å². The van der Waals surface area contributed by atoms with Crippen molar-refractivity contribution < 1.29 is 4.79 Å². The van der Waals surface area contributed by atoms with Crippen LogP contribution >= 0.6 is 11.6 Å².